The summed E-state index contributed by atoms with van der Waals surface area (Å²) in [6.07, 6.45) is 6.74. The van der Waals surface area contributed by atoms with Crippen molar-refractivity contribution in [3.8, 4) is 45.3 Å². The number of hydrogen-bond donors (Lipinski definition) is 2. The van der Waals surface area contributed by atoms with Crippen LogP contribution in [0.25, 0.3) is 34.4 Å². The molecule has 0 unspecified atom stereocenters. The van der Waals surface area contributed by atoms with Gasteiger partial charge in [0.1, 0.15) is 0 Å². The Kier molecular flexibility index (Phi) is 9.02. The van der Waals surface area contributed by atoms with E-state index in [0.29, 0.717) is 34.0 Å². The predicted molar refractivity (Wildman–Crippen MR) is 181 cm³/mol. The second kappa shape index (κ2) is 13.4. The number of phenolic OH excluding ortho intramolecular Hbond substituents is 2. The number of benzene rings is 5. The van der Waals surface area contributed by atoms with Crippen LogP contribution in [0, 0.1) is 0 Å². The summed E-state index contributed by atoms with van der Waals surface area (Å²) >= 11 is 0. The van der Waals surface area contributed by atoms with Gasteiger partial charge in [0, 0.05) is 23.6 Å². The third kappa shape index (κ3) is 6.45. The van der Waals surface area contributed by atoms with Crippen molar-refractivity contribution in [2.24, 2.45) is 9.98 Å². The van der Waals surface area contributed by atoms with Crippen LogP contribution < -0.4 is 9.47 Å². The molecule has 0 aliphatic heterocycles. The summed E-state index contributed by atoms with van der Waals surface area (Å²) in [4.78, 5) is 9.33. The summed E-state index contributed by atoms with van der Waals surface area (Å²) in [7, 11) is 3.03. The minimum absolute atomic E-state index is 0.0183. The largest absolute Gasteiger partial charge is 0.504 e. The van der Waals surface area contributed by atoms with Crippen LogP contribution in [-0.4, -0.2) is 36.9 Å². The molecule has 0 bridgehead atoms. The zero-order chi connectivity index (χ0) is 31.1. The van der Waals surface area contributed by atoms with Gasteiger partial charge in [-0.3, -0.25) is 9.98 Å². The molecule has 0 saturated heterocycles. The number of ether oxygens (including phenoxy) is 2. The van der Waals surface area contributed by atoms with E-state index in [2.05, 4.69) is 23.1 Å². The molecule has 0 fully saturated rings. The molecule has 5 aromatic rings. The molecule has 218 valence electrons. The Morgan fingerprint density at radius 3 is 1.36 bits per heavy atom. The maximum Gasteiger partial charge on any atom is 0.166 e. The second-order valence-corrected chi connectivity index (χ2v) is 9.90. The van der Waals surface area contributed by atoms with Crippen molar-refractivity contribution in [3.63, 3.8) is 0 Å². The first-order chi connectivity index (χ1) is 21.4. The molecule has 0 aromatic heterocycles. The Morgan fingerprint density at radius 2 is 0.977 bits per heavy atom. The van der Waals surface area contributed by atoms with Crippen LogP contribution in [-0.2, 0) is 0 Å². The number of phenols is 2. The van der Waals surface area contributed by atoms with Crippen molar-refractivity contribution in [1.29, 1.82) is 0 Å². The Balaban J connectivity index is 1.50. The minimum atomic E-state index is -0.0183. The summed E-state index contributed by atoms with van der Waals surface area (Å²) < 4.78 is 10.9. The lowest BCUT2D eigenvalue weighted by Gasteiger charge is -2.11. The highest BCUT2D eigenvalue weighted by atomic mass is 16.5. The van der Waals surface area contributed by atoms with E-state index < -0.39 is 0 Å². The average molecular weight is 581 g/mol. The van der Waals surface area contributed by atoms with Gasteiger partial charge in [-0.05, 0) is 81.9 Å². The molecular formula is C38H32N2O4. The lowest BCUT2D eigenvalue weighted by atomic mass is 10.00. The van der Waals surface area contributed by atoms with Crippen LogP contribution in [0.15, 0.2) is 120 Å². The lowest BCUT2D eigenvalue weighted by Crippen LogP contribution is -1.92. The molecule has 0 aliphatic carbocycles. The van der Waals surface area contributed by atoms with Crippen molar-refractivity contribution < 1.29 is 19.7 Å². The van der Waals surface area contributed by atoms with Gasteiger partial charge in [-0.1, -0.05) is 73.8 Å². The van der Waals surface area contributed by atoms with Gasteiger partial charge in [-0.15, -0.1) is 0 Å². The molecule has 0 atom stereocenters. The second-order valence-electron chi connectivity index (χ2n) is 9.90. The number of aliphatic imine (C=N–C) groups is 2. The van der Waals surface area contributed by atoms with E-state index in [1.807, 2.05) is 84.9 Å². The van der Waals surface area contributed by atoms with E-state index in [-0.39, 0.29) is 11.5 Å². The fraction of sp³-hybridized carbons (Fsp3) is 0.0526. The zero-order valence-electron chi connectivity index (χ0n) is 24.6. The number of hydrogen-bond acceptors (Lipinski definition) is 6. The van der Waals surface area contributed by atoms with E-state index >= 15 is 0 Å². The van der Waals surface area contributed by atoms with Crippen LogP contribution in [0.4, 0.5) is 11.4 Å². The highest BCUT2D eigenvalue weighted by Gasteiger charge is 2.13. The molecule has 5 aromatic carbocycles. The topological polar surface area (TPSA) is 83.6 Å². The van der Waals surface area contributed by atoms with E-state index in [0.717, 1.165) is 33.4 Å². The van der Waals surface area contributed by atoms with E-state index in [1.165, 1.54) is 14.2 Å². The predicted octanol–water partition coefficient (Wildman–Crippen LogP) is 9.24. The standard InChI is InChI=1S/C38H32N2O4/c1-5-25-11-9-13-27(17-25)29-19-31(37(41)35(21-29)43-3)23-39-33-15-7-8-16-34(33)40-24-32-20-30(22-36(44-4)38(32)42)28-14-10-12-26(6-2)18-28/h5-24,41-42H,1-2H2,3-4H3. The first-order valence-electron chi connectivity index (χ1n) is 13.9. The average Bonchev–Trinajstić information content (AvgIpc) is 3.07. The van der Waals surface area contributed by atoms with Gasteiger partial charge in [0.2, 0.25) is 0 Å². The number of aromatic hydroxyl groups is 2. The molecule has 0 radical (unpaired) electrons. The van der Waals surface area contributed by atoms with Crippen molar-refractivity contribution >= 4 is 36.0 Å². The Bertz CT molecular complexity index is 1770. The highest BCUT2D eigenvalue weighted by molar-refractivity contribution is 5.93. The highest BCUT2D eigenvalue weighted by Crippen LogP contribution is 2.38. The Labute approximate surface area is 257 Å². The summed E-state index contributed by atoms with van der Waals surface area (Å²) in [6, 6.07) is 30.5. The summed E-state index contributed by atoms with van der Waals surface area (Å²) in [5.74, 6) is 0.634. The van der Waals surface area contributed by atoms with Crippen LogP contribution >= 0.6 is 0 Å². The van der Waals surface area contributed by atoms with Crippen LogP contribution in [0.2, 0.25) is 0 Å². The first kappa shape index (κ1) is 29.6. The van der Waals surface area contributed by atoms with Gasteiger partial charge in [0.25, 0.3) is 0 Å². The quantitative estimate of drug-likeness (QED) is 0.161. The lowest BCUT2D eigenvalue weighted by molar-refractivity contribution is 0.373. The zero-order valence-corrected chi connectivity index (χ0v) is 24.6. The third-order valence-corrected chi connectivity index (χ3v) is 7.13. The number of para-hydroxylation sites is 2. The number of rotatable bonds is 10. The first-order valence-corrected chi connectivity index (χ1v) is 13.9. The fourth-order valence-corrected chi connectivity index (χ4v) is 4.75. The van der Waals surface area contributed by atoms with Gasteiger partial charge in [0.15, 0.2) is 23.0 Å². The van der Waals surface area contributed by atoms with Gasteiger partial charge >= 0.3 is 0 Å². The normalized spacial score (nSPS) is 11.1. The maximum absolute atomic E-state index is 10.9. The van der Waals surface area contributed by atoms with Crippen molar-refractivity contribution in [2.75, 3.05) is 14.2 Å². The molecule has 6 heteroatoms. The van der Waals surface area contributed by atoms with E-state index in [1.54, 1.807) is 36.7 Å². The molecule has 0 heterocycles. The van der Waals surface area contributed by atoms with E-state index in [4.69, 9.17) is 9.47 Å². The Hall–Kier alpha value is -5.88. The third-order valence-electron chi connectivity index (χ3n) is 7.13. The van der Waals surface area contributed by atoms with Gasteiger partial charge in [-0.25, -0.2) is 0 Å². The summed E-state index contributed by atoms with van der Waals surface area (Å²) in [5, 5.41) is 21.8. The van der Waals surface area contributed by atoms with E-state index in [9.17, 15) is 10.2 Å². The molecule has 0 spiro atoms. The van der Waals surface area contributed by atoms with Crippen LogP contribution in [0.1, 0.15) is 22.3 Å². The fourth-order valence-electron chi connectivity index (χ4n) is 4.75. The maximum atomic E-state index is 10.9. The van der Waals surface area contributed by atoms with Crippen molar-refractivity contribution in [3.05, 3.63) is 132 Å². The molecular weight excluding hydrogens is 548 g/mol. The SMILES string of the molecule is C=Cc1cccc(-c2cc(C=Nc3ccccc3N=Cc3cc(-c4cccc(C=C)c4)cc(OC)c3O)c(O)c(OC)c2)c1. The molecule has 0 saturated carbocycles. The minimum Gasteiger partial charge on any atom is -0.504 e. The molecule has 2 N–H and O–H groups in total. The van der Waals surface area contributed by atoms with Gasteiger partial charge < -0.3 is 19.7 Å². The van der Waals surface area contributed by atoms with Gasteiger partial charge in [-0.2, -0.15) is 0 Å². The number of methoxy groups -OCH3 is 2. The summed E-state index contributed by atoms with van der Waals surface area (Å²) in [5.41, 5.74) is 7.70. The van der Waals surface area contributed by atoms with Crippen LogP contribution in [0.3, 0.4) is 0 Å². The molecule has 44 heavy (non-hydrogen) atoms. The molecule has 6 nitrogen and oxygen atoms in total. The molecule has 0 amide bonds. The van der Waals surface area contributed by atoms with Crippen molar-refractivity contribution in [1.82, 2.24) is 0 Å². The number of nitrogens with zero attached hydrogens (tertiary/aromatic N) is 2. The smallest absolute Gasteiger partial charge is 0.166 e. The monoisotopic (exact) mass is 580 g/mol. The molecule has 0 aliphatic rings. The van der Waals surface area contributed by atoms with Crippen LogP contribution in [0.5, 0.6) is 23.0 Å². The molecule has 5 rings (SSSR count). The summed E-state index contributed by atoms with van der Waals surface area (Å²) in [6.45, 7) is 7.71. The Morgan fingerprint density at radius 1 is 0.545 bits per heavy atom. The van der Waals surface area contributed by atoms with Crippen molar-refractivity contribution in [2.45, 2.75) is 0 Å². The van der Waals surface area contributed by atoms with Gasteiger partial charge in [0.05, 0.1) is 25.6 Å².